The monoisotopic (exact) mass is 311 g/mol. The van der Waals surface area contributed by atoms with Crippen molar-refractivity contribution in [2.75, 3.05) is 18.0 Å². The molecule has 20 heavy (non-hydrogen) atoms. The van der Waals surface area contributed by atoms with Crippen LogP contribution in [0.25, 0.3) is 0 Å². The fourth-order valence-electron chi connectivity index (χ4n) is 2.21. The maximum atomic E-state index is 11.8. The average Bonchev–Trinajstić information content (AvgIpc) is 2.76. The Morgan fingerprint density at radius 2 is 2.40 bits per heavy atom. The molecule has 110 valence electrons. The highest BCUT2D eigenvalue weighted by Crippen LogP contribution is 2.30. The number of aryl methyl sites for hydroxylation is 1. The van der Waals surface area contributed by atoms with E-state index < -0.39 is 0 Å². The van der Waals surface area contributed by atoms with Crippen molar-refractivity contribution in [3.8, 4) is 0 Å². The van der Waals surface area contributed by atoms with Gasteiger partial charge >= 0.3 is 0 Å². The van der Waals surface area contributed by atoms with Gasteiger partial charge in [0, 0.05) is 6.54 Å². The van der Waals surface area contributed by atoms with Crippen molar-refractivity contribution in [2.24, 2.45) is 0 Å². The van der Waals surface area contributed by atoms with Crippen molar-refractivity contribution in [1.29, 1.82) is 0 Å². The van der Waals surface area contributed by atoms with Gasteiger partial charge in [-0.25, -0.2) is 4.98 Å². The number of allylic oxidation sites excluding steroid dienone is 1. The normalized spacial score (nSPS) is 14.9. The number of nitrogens with zero attached hydrogens (tertiary/aromatic N) is 1. The van der Waals surface area contributed by atoms with E-state index in [4.69, 9.17) is 5.73 Å². The van der Waals surface area contributed by atoms with Crippen LogP contribution in [-0.2, 0) is 4.79 Å². The van der Waals surface area contributed by atoms with Crippen LogP contribution in [0.1, 0.15) is 37.8 Å². The molecule has 1 aliphatic rings. The highest BCUT2D eigenvalue weighted by molar-refractivity contribution is 8.01. The minimum absolute atomic E-state index is 0.0813. The molecule has 0 aromatic carbocycles. The molecule has 1 aliphatic carbocycles. The van der Waals surface area contributed by atoms with E-state index in [9.17, 15) is 4.79 Å². The number of carbonyl (C=O) groups is 1. The molecule has 0 atom stereocenters. The number of aromatic nitrogens is 1. The Hall–Kier alpha value is -1.01. The number of hydrogen-bond donors (Lipinski definition) is 2. The van der Waals surface area contributed by atoms with Crippen LogP contribution in [0.3, 0.4) is 0 Å². The highest BCUT2D eigenvalue weighted by atomic mass is 32.2. The SMILES string of the molecule is Cc1nc(N)sc1SCC(=O)NCCC1=CCCCC1. The number of nitrogens with one attached hydrogen (secondary N) is 1. The molecule has 0 radical (unpaired) electrons. The van der Waals surface area contributed by atoms with Crippen molar-refractivity contribution in [3.05, 3.63) is 17.3 Å². The van der Waals surface area contributed by atoms with Crippen molar-refractivity contribution < 1.29 is 4.79 Å². The van der Waals surface area contributed by atoms with E-state index in [1.54, 1.807) is 0 Å². The smallest absolute Gasteiger partial charge is 0.230 e. The second kappa shape index (κ2) is 7.69. The molecule has 3 N–H and O–H groups in total. The zero-order chi connectivity index (χ0) is 14.4. The number of amides is 1. The molecule has 6 heteroatoms. The van der Waals surface area contributed by atoms with Crippen LogP contribution in [0.4, 0.5) is 5.13 Å². The van der Waals surface area contributed by atoms with Crippen LogP contribution in [0, 0.1) is 6.92 Å². The van der Waals surface area contributed by atoms with Gasteiger partial charge < -0.3 is 11.1 Å². The van der Waals surface area contributed by atoms with Gasteiger partial charge in [0.15, 0.2) is 5.13 Å². The van der Waals surface area contributed by atoms with Gasteiger partial charge in [-0.1, -0.05) is 23.0 Å². The zero-order valence-corrected chi connectivity index (χ0v) is 13.4. The third kappa shape index (κ3) is 4.83. The fourth-order valence-corrected chi connectivity index (χ4v) is 4.07. The van der Waals surface area contributed by atoms with Crippen LogP contribution < -0.4 is 11.1 Å². The van der Waals surface area contributed by atoms with Crippen molar-refractivity contribution in [3.63, 3.8) is 0 Å². The van der Waals surface area contributed by atoms with E-state index in [0.29, 0.717) is 10.9 Å². The minimum atomic E-state index is 0.0813. The Morgan fingerprint density at radius 1 is 1.55 bits per heavy atom. The summed E-state index contributed by atoms with van der Waals surface area (Å²) in [5.41, 5.74) is 8.05. The molecule has 1 aromatic rings. The van der Waals surface area contributed by atoms with Crippen molar-refractivity contribution >= 4 is 34.1 Å². The van der Waals surface area contributed by atoms with E-state index in [2.05, 4.69) is 16.4 Å². The summed E-state index contributed by atoms with van der Waals surface area (Å²) in [4.78, 5) is 15.9. The van der Waals surface area contributed by atoms with E-state index in [0.717, 1.165) is 22.9 Å². The Kier molecular flexibility index (Phi) is 5.91. The molecule has 0 unspecified atom stereocenters. The first-order valence-corrected chi connectivity index (χ1v) is 8.75. The van der Waals surface area contributed by atoms with Crippen LogP contribution >= 0.6 is 23.1 Å². The van der Waals surface area contributed by atoms with E-state index >= 15 is 0 Å². The summed E-state index contributed by atoms with van der Waals surface area (Å²) < 4.78 is 1.03. The molecule has 0 fully saturated rings. The lowest BCUT2D eigenvalue weighted by molar-refractivity contribution is -0.118. The first-order valence-electron chi connectivity index (χ1n) is 6.95. The number of thiazole rings is 1. The molecule has 2 rings (SSSR count). The van der Waals surface area contributed by atoms with Gasteiger partial charge in [-0.15, -0.1) is 11.8 Å². The molecule has 1 aromatic heterocycles. The fraction of sp³-hybridized carbons (Fsp3) is 0.571. The molecular weight excluding hydrogens is 290 g/mol. The van der Waals surface area contributed by atoms with E-state index in [1.165, 1.54) is 54.4 Å². The summed E-state index contributed by atoms with van der Waals surface area (Å²) in [6.45, 7) is 2.66. The van der Waals surface area contributed by atoms with Gasteiger partial charge in [0.05, 0.1) is 15.7 Å². The van der Waals surface area contributed by atoms with Gasteiger partial charge in [-0.05, 0) is 39.0 Å². The second-order valence-electron chi connectivity index (χ2n) is 4.92. The molecule has 0 bridgehead atoms. The summed E-state index contributed by atoms with van der Waals surface area (Å²) in [7, 11) is 0. The molecule has 4 nitrogen and oxygen atoms in total. The lowest BCUT2D eigenvalue weighted by atomic mass is 9.97. The number of hydrogen-bond acceptors (Lipinski definition) is 5. The predicted octanol–water partition coefficient (Wildman–Crippen LogP) is 3.13. The summed E-state index contributed by atoms with van der Waals surface area (Å²) in [6.07, 6.45) is 8.32. The topological polar surface area (TPSA) is 68.0 Å². The van der Waals surface area contributed by atoms with Gasteiger partial charge in [0.25, 0.3) is 0 Å². The van der Waals surface area contributed by atoms with Gasteiger partial charge in [-0.3, -0.25) is 4.79 Å². The maximum absolute atomic E-state index is 11.8. The molecule has 1 heterocycles. The lowest BCUT2D eigenvalue weighted by Crippen LogP contribution is -2.26. The third-order valence-corrected chi connectivity index (χ3v) is 5.61. The Balaban J connectivity index is 1.65. The molecule has 0 aliphatic heterocycles. The van der Waals surface area contributed by atoms with E-state index in [-0.39, 0.29) is 5.91 Å². The molecule has 1 amide bonds. The Bertz CT molecular complexity index is 497. The number of nitrogen functional groups attached to an aromatic ring is 1. The van der Waals surface area contributed by atoms with Crippen molar-refractivity contribution in [2.45, 2.75) is 43.2 Å². The third-order valence-electron chi connectivity index (χ3n) is 3.26. The largest absolute Gasteiger partial charge is 0.375 e. The number of nitrogens with two attached hydrogens (primary N) is 1. The molecular formula is C14H21N3OS2. The number of carbonyl (C=O) groups excluding carboxylic acids is 1. The summed E-state index contributed by atoms with van der Waals surface area (Å²) in [5.74, 6) is 0.513. The quantitative estimate of drug-likeness (QED) is 0.625. The number of thioether (sulfide) groups is 1. The van der Waals surface area contributed by atoms with Crippen molar-refractivity contribution in [1.82, 2.24) is 10.3 Å². The Labute approximate surface area is 128 Å². The number of rotatable bonds is 6. The first kappa shape index (κ1) is 15.4. The van der Waals surface area contributed by atoms with E-state index in [1.807, 2.05) is 6.92 Å². The Morgan fingerprint density at radius 3 is 3.05 bits per heavy atom. The number of anilines is 1. The average molecular weight is 311 g/mol. The maximum Gasteiger partial charge on any atom is 0.230 e. The zero-order valence-electron chi connectivity index (χ0n) is 11.8. The highest BCUT2D eigenvalue weighted by Gasteiger charge is 2.09. The standard InChI is InChI=1S/C14H21N3OS2/c1-10-13(20-14(15)17-10)19-9-12(18)16-8-7-11-5-3-2-4-6-11/h5H,2-4,6-9H2,1H3,(H2,15,17)(H,16,18). The summed E-state index contributed by atoms with van der Waals surface area (Å²) in [6, 6.07) is 0. The van der Waals surface area contributed by atoms with Crippen LogP contribution in [0.2, 0.25) is 0 Å². The molecule has 0 spiro atoms. The predicted molar refractivity (Wildman–Crippen MR) is 86.2 cm³/mol. The van der Waals surface area contributed by atoms with Crippen LogP contribution in [0.15, 0.2) is 15.9 Å². The minimum Gasteiger partial charge on any atom is -0.375 e. The van der Waals surface area contributed by atoms with Gasteiger partial charge in [0.2, 0.25) is 5.91 Å². The molecule has 0 saturated carbocycles. The lowest BCUT2D eigenvalue weighted by Gasteiger charge is -2.12. The van der Waals surface area contributed by atoms with Crippen LogP contribution in [0.5, 0.6) is 0 Å². The van der Waals surface area contributed by atoms with Crippen LogP contribution in [-0.4, -0.2) is 23.2 Å². The first-order chi connectivity index (χ1) is 9.65. The van der Waals surface area contributed by atoms with Gasteiger partial charge in [0.1, 0.15) is 0 Å². The summed E-state index contributed by atoms with van der Waals surface area (Å²) >= 11 is 2.95. The molecule has 0 saturated heterocycles. The second-order valence-corrected chi connectivity index (χ2v) is 7.20. The van der Waals surface area contributed by atoms with Gasteiger partial charge in [-0.2, -0.15) is 0 Å². The summed E-state index contributed by atoms with van der Waals surface area (Å²) in [5, 5.41) is 3.54.